The lowest BCUT2D eigenvalue weighted by molar-refractivity contribution is -0.118. The average Bonchev–Trinajstić information content (AvgIpc) is 2.39. The third kappa shape index (κ3) is 4.22. The van der Waals surface area contributed by atoms with E-state index in [4.69, 9.17) is 16.3 Å². The van der Waals surface area contributed by atoms with Crippen LogP contribution in [-0.4, -0.2) is 17.5 Å². The van der Waals surface area contributed by atoms with Gasteiger partial charge in [0.2, 0.25) is 0 Å². The predicted octanol–water partition coefficient (Wildman–Crippen LogP) is 3.52. The van der Waals surface area contributed by atoms with Crippen LogP contribution in [0.4, 0.5) is 5.69 Å². The van der Waals surface area contributed by atoms with Gasteiger partial charge in [0.05, 0.1) is 16.4 Å². The number of pyridine rings is 1. The molecule has 6 heteroatoms. The van der Waals surface area contributed by atoms with Crippen LogP contribution in [0, 0.1) is 0 Å². The zero-order valence-corrected chi connectivity index (χ0v) is 12.1. The fourth-order valence-electron chi connectivity index (χ4n) is 1.37. The highest BCUT2D eigenvalue weighted by molar-refractivity contribution is 9.10. The summed E-state index contributed by atoms with van der Waals surface area (Å²) in [4.78, 5) is 15.6. The Kier molecular flexibility index (Phi) is 4.76. The first-order valence-electron chi connectivity index (χ1n) is 5.43. The molecule has 19 heavy (non-hydrogen) atoms. The summed E-state index contributed by atoms with van der Waals surface area (Å²) in [5.74, 6) is 0.306. The summed E-state index contributed by atoms with van der Waals surface area (Å²) >= 11 is 9.13. The second-order valence-electron chi connectivity index (χ2n) is 3.65. The zero-order chi connectivity index (χ0) is 13.7. The van der Waals surface area contributed by atoms with Crippen LogP contribution in [0.5, 0.6) is 5.75 Å². The van der Waals surface area contributed by atoms with Gasteiger partial charge in [0.1, 0.15) is 5.75 Å². The Morgan fingerprint density at radius 3 is 2.95 bits per heavy atom. The smallest absolute Gasteiger partial charge is 0.262 e. The molecule has 1 N–H and O–H groups in total. The molecule has 4 nitrogen and oxygen atoms in total. The van der Waals surface area contributed by atoms with Crippen LogP contribution in [0.2, 0.25) is 5.02 Å². The van der Waals surface area contributed by atoms with Crippen LogP contribution in [-0.2, 0) is 4.79 Å². The van der Waals surface area contributed by atoms with E-state index in [2.05, 4.69) is 26.2 Å². The summed E-state index contributed by atoms with van der Waals surface area (Å²) < 4.78 is 6.09. The second kappa shape index (κ2) is 6.54. The highest BCUT2D eigenvalue weighted by Crippen LogP contribution is 2.27. The maximum Gasteiger partial charge on any atom is 0.262 e. The SMILES string of the molecule is O=C(COc1ccc(Cl)cc1Br)Nc1cccnc1. The molecule has 0 saturated carbocycles. The summed E-state index contributed by atoms with van der Waals surface area (Å²) in [6.45, 7) is -0.0882. The highest BCUT2D eigenvalue weighted by atomic mass is 79.9. The van der Waals surface area contributed by atoms with Crippen molar-refractivity contribution in [3.8, 4) is 5.75 Å². The molecule has 0 saturated heterocycles. The van der Waals surface area contributed by atoms with Crippen LogP contribution >= 0.6 is 27.5 Å². The van der Waals surface area contributed by atoms with E-state index < -0.39 is 0 Å². The Morgan fingerprint density at radius 1 is 1.42 bits per heavy atom. The second-order valence-corrected chi connectivity index (χ2v) is 4.94. The molecule has 1 aromatic carbocycles. The lowest BCUT2D eigenvalue weighted by Gasteiger charge is -2.08. The van der Waals surface area contributed by atoms with Crippen molar-refractivity contribution in [2.45, 2.75) is 0 Å². The van der Waals surface area contributed by atoms with E-state index in [-0.39, 0.29) is 12.5 Å². The van der Waals surface area contributed by atoms with Gasteiger partial charge in [-0.25, -0.2) is 0 Å². The molecule has 1 aromatic heterocycles. The number of aromatic nitrogens is 1. The Hall–Kier alpha value is -1.59. The van der Waals surface area contributed by atoms with Crippen LogP contribution in [0.15, 0.2) is 47.2 Å². The average molecular weight is 342 g/mol. The first-order chi connectivity index (χ1) is 9.15. The predicted molar refractivity (Wildman–Crippen MR) is 77.5 cm³/mol. The molecule has 0 fully saturated rings. The van der Waals surface area contributed by atoms with Gasteiger partial charge in [-0.3, -0.25) is 9.78 Å². The molecular formula is C13H10BrClN2O2. The Balaban J connectivity index is 1.90. The number of hydrogen-bond acceptors (Lipinski definition) is 3. The fourth-order valence-corrected chi connectivity index (χ4v) is 2.17. The van der Waals surface area contributed by atoms with Crippen molar-refractivity contribution in [3.05, 3.63) is 52.2 Å². The number of nitrogens with zero attached hydrogens (tertiary/aromatic N) is 1. The number of nitrogens with one attached hydrogen (secondary N) is 1. The molecule has 0 atom stereocenters. The normalized spacial score (nSPS) is 10.0. The lowest BCUT2D eigenvalue weighted by Crippen LogP contribution is -2.20. The maximum atomic E-state index is 11.7. The van der Waals surface area contributed by atoms with E-state index in [1.165, 1.54) is 0 Å². The van der Waals surface area contributed by atoms with Gasteiger partial charge in [-0.15, -0.1) is 0 Å². The minimum Gasteiger partial charge on any atom is -0.483 e. The van der Waals surface area contributed by atoms with Gasteiger partial charge in [-0.1, -0.05) is 11.6 Å². The molecular weight excluding hydrogens is 332 g/mol. The van der Waals surface area contributed by atoms with Gasteiger partial charge < -0.3 is 10.1 Å². The highest BCUT2D eigenvalue weighted by Gasteiger charge is 2.06. The number of halogens is 2. The molecule has 2 aromatic rings. The van der Waals surface area contributed by atoms with E-state index in [0.717, 1.165) is 0 Å². The Labute approximate surface area is 123 Å². The van der Waals surface area contributed by atoms with E-state index in [0.29, 0.717) is 20.9 Å². The van der Waals surface area contributed by atoms with Gasteiger partial charge >= 0.3 is 0 Å². The van der Waals surface area contributed by atoms with Crippen molar-refractivity contribution in [2.24, 2.45) is 0 Å². The molecule has 1 amide bonds. The number of anilines is 1. The third-order valence-electron chi connectivity index (χ3n) is 2.20. The maximum absolute atomic E-state index is 11.7. The number of hydrogen-bond donors (Lipinski definition) is 1. The summed E-state index contributed by atoms with van der Waals surface area (Å²) in [6, 6.07) is 8.59. The molecule has 2 rings (SSSR count). The summed E-state index contributed by atoms with van der Waals surface area (Å²) in [5, 5.41) is 3.27. The van der Waals surface area contributed by atoms with Gasteiger partial charge in [-0.2, -0.15) is 0 Å². The minimum atomic E-state index is -0.255. The number of carbonyl (C=O) groups is 1. The van der Waals surface area contributed by atoms with Gasteiger partial charge in [0, 0.05) is 11.2 Å². The van der Waals surface area contributed by atoms with E-state index >= 15 is 0 Å². The Bertz CT molecular complexity index is 578. The summed E-state index contributed by atoms with van der Waals surface area (Å²) in [5.41, 5.74) is 0.631. The first kappa shape index (κ1) is 13.8. The summed E-state index contributed by atoms with van der Waals surface area (Å²) in [7, 11) is 0. The van der Waals surface area contributed by atoms with Crippen molar-refractivity contribution in [3.63, 3.8) is 0 Å². The molecule has 0 aliphatic heterocycles. The quantitative estimate of drug-likeness (QED) is 0.926. The van der Waals surface area contributed by atoms with E-state index in [1.807, 2.05) is 0 Å². The number of benzene rings is 1. The largest absolute Gasteiger partial charge is 0.483 e. The fraction of sp³-hybridized carbons (Fsp3) is 0.0769. The number of amides is 1. The molecule has 0 aliphatic carbocycles. The van der Waals surface area contributed by atoms with Gasteiger partial charge in [0.15, 0.2) is 6.61 Å². The van der Waals surface area contributed by atoms with Crippen molar-refractivity contribution >= 4 is 39.1 Å². The molecule has 98 valence electrons. The van der Waals surface area contributed by atoms with Crippen LogP contribution in [0.3, 0.4) is 0 Å². The third-order valence-corrected chi connectivity index (χ3v) is 3.05. The number of rotatable bonds is 4. The van der Waals surface area contributed by atoms with Crippen molar-refractivity contribution in [2.75, 3.05) is 11.9 Å². The molecule has 0 spiro atoms. The molecule has 0 bridgehead atoms. The monoisotopic (exact) mass is 340 g/mol. The number of carbonyl (C=O) groups excluding carboxylic acids is 1. The Morgan fingerprint density at radius 2 is 2.26 bits per heavy atom. The summed E-state index contributed by atoms with van der Waals surface area (Å²) in [6.07, 6.45) is 3.20. The van der Waals surface area contributed by atoms with Crippen molar-refractivity contribution < 1.29 is 9.53 Å². The standard InChI is InChI=1S/C13H10BrClN2O2/c14-11-6-9(15)3-4-12(11)19-8-13(18)17-10-2-1-5-16-7-10/h1-7H,8H2,(H,17,18). The van der Waals surface area contributed by atoms with Gasteiger partial charge in [-0.05, 0) is 46.3 Å². The van der Waals surface area contributed by atoms with Gasteiger partial charge in [0.25, 0.3) is 5.91 Å². The first-order valence-corrected chi connectivity index (χ1v) is 6.60. The van der Waals surface area contributed by atoms with E-state index in [1.54, 1.807) is 42.7 Å². The minimum absolute atomic E-state index is 0.0882. The van der Waals surface area contributed by atoms with Crippen LogP contribution in [0.25, 0.3) is 0 Å². The van der Waals surface area contributed by atoms with Crippen LogP contribution < -0.4 is 10.1 Å². The zero-order valence-electron chi connectivity index (χ0n) is 9.77. The molecule has 0 unspecified atom stereocenters. The van der Waals surface area contributed by atoms with E-state index in [9.17, 15) is 4.79 Å². The molecule has 0 radical (unpaired) electrons. The molecule has 0 aliphatic rings. The van der Waals surface area contributed by atoms with Crippen LogP contribution in [0.1, 0.15) is 0 Å². The number of ether oxygens (including phenoxy) is 1. The lowest BCUT2D eigenvalue weighted by atomic mass is 10.3. The van der Waals surface area contributed by atoms with Crippen molar-refractivity contribution in [1.82, 2.24) is 4.98 Å². The topological polar surface area (TPSA) is 51.2 Å². The molecule has 1 heterocycles. The van der Waals surface area contributed by atoms with Crippen molar-refractivity contribution in [1.29, 1.82) is 0 Å².